The Morgan fingerprint density at radius 2 is 1.31 bits per heavy atom. The molecule has 4 heterocycles. The molecule has 0 saturated heterocycles. The molecule has 0 spiro atoms. The molecule has 254 valence electrons. The standard InChI is InChI=1S/C16H12ClFN2O5.C16H12ClFN2O4/c17-9-5-7(1-2-10(9)18)6-20-4-3-8-11(15(20)23)13(21)14(22)19-12(8)16(24)25;17-10-5-8(1-2-11(10)18)7-20-4-3-9-13(15(20)22)12(21)6-19-14(9)16(23)24/h1-2,5,21H,3-4,6H2,(H,19,22)(H,24,25);1-2,5-6,21H,3-4,7H2,(H,23,24). The highest BCUT2D eigenvalue weighted by atomic mass is 35.5. The predicted molar refractivity (Wildman–Crippen MR) is 168 cm³/mol. The van der Waals surface area contributed by atoms with Crippen LogP contribution in [0.3, 0.4) is 0 Å². The fourth-order valence-corrected chi connectivity index (χ4v) is 5.94. The fraction of sp³-hybridized carbons (Fsp3) is 0.188. The normalized spacial score (nSPS) is 13.7. The third kappa shape index (κ3) is 7.03. The number of carbonyl (C=O) groups excluding carboxylic acids is 2. The lowest BCUT2D eigenvalue weighted by atomic mass is 9.96. The first-order valence-corrected chi connectivity index (χ1v) is 15.0. The number of carboxylic acid groups (broad SMARTS) is 2. The van der Waals surface area contributed by atoms with Crippen molar-refractivity contribution in [1.29, 1.82) is 0 Å². The number of pyridine rings is 2. The Bertz CT molecular complexity index is 2110. The van der Waals surface area contributed by atoms with E-state index in [-0.39, 0.29) is 82.8 Å². The molecule has 49 heavy (non-hydrogen) atoms. The second kappa shape index (κ2) is 13.9. The number of hydrogen-bond donors (Lipinski definition) is 5. The lowest BCUT2D eigenvalue weighted by molar-refractivity contribution is 0.0668. The van der Waals surface area contributed by atoms with Crippen molar-refractivity contribution in [3.8, 4) is 11.5 Å². The Labute approximate surface area is 284 Å². The zero-order chi connectivity index (χ0) is 35.7. The lowest BCUT2D eigenvalue weighted by Crippen LogP contribution is -2.39. The summed E-state index contributed by atoms with van der Waals surface area (Å²) in [7, 11) is 0. The van der Waals surface area contributed by atoms with Gasteiger partial charge in [-0.3, -0.25) is 14.4 Å². The van der Waals surface area contributed by atoms with Crippen molar-refractivity contribution in [2.24, 2.45) is 0 Å². The first-order valence-electron chi connectivity index (χ1n) is 14.3. The van der Waals surface area contributed by atoms with E-state index in [0.717, 1.165) is 6.20 Å². The Kier molecular flexibility index (Phi) is 9.87. The van der Waals surface area contributed by atoms with Gasteiger partial charge in [0, 0.05) is 37.3 Å². The minimum atomic E-state index is -1.39. The number of H-pyrrole nitrogens is 1. The van der Waals surface area contributed by atoms with Crippen LogP contribution in [0.1, 0.15) is 63.9 Å². The number of fused-ring (bicyclic) bond motifs is 2. The Hall–Kier alpha value is -5.54. The van der Waals surface area contributed by atoms with E-state index in [1.54, 1.807) is 0 Å². The van der Waals surface area contributed by atoms with Gasteiger partial charge >= 0.3 is 11.9 Å². The molecule has 13 nitrogen and oxygen atoms in total. The topological polar surface area (TPSA) is 201 Å². The molecule has 5 N–H and O–H groups in total. The molecule has 2 aliphatic rings. The van der Waals surface area contributed by atoms with Gasteiger partial charge in [0.1, 0.15) is 23.1 Å². The van der Waals surface area contributed by atoms with E-state index in [1.807, 2.05) is 0 Å². The number of aromatic hydroxyl groups is 2. The first kappa shape index (κ1) is 34.8. The van der Waals surface area contributed by atoms with Gasteiger partial charge in [0.25, 0.3) is 17.4 Å². The van der Waals surface area contributed by atoms with Crippen LogP contribution in [0, 0.1) is 11.6 Å². The third-order valence-electron chi connectivity index (χ3n) is 7.85. The molecule has 4 aromatic rings. The summed E-state index contributed by atoms with van der Waals surface area (Å²) in [5.74, 6) is -6.13. The molecule has 2 aromatic heterocycles. The molecule has 0 radical (unpaired) electrons. The highest BCUT2D eigenvalue weighted by molar-refractivity contribution is 6.31. The van der Waals surface area contributed by atoms with Crippen molar-refractivity contribution in [3.05, 3.63) is 119 Å². The van der Waals surface area contributed by atoms with Gasteiger partial charge in [-0.05, 0) is 48.2 Å². The first-order chi connectivity index (χ1) is 23.2. The van der Waals surface area contributed by atoms with Gasteiger partial charge in [-0.25, -0.2) is 23.4 Å². The predicted octanol–water partition coefficient (Wildman–Crippen LogP) is 4.25. The number of rotatable bonds is 6. The Balaban J connectivity index is 0.000000191. The molecular formula is C32H24Cl2F2N4O9. The van der Waals surface area contributed by atoms with Crippen molar-refractivity contribution in [1.82, 2.24) is 19.8 Å². The van der Waals surface area contributed by atoms with Crippen LogP contribution in [0.4, 0.5) is 8.78 Å². The minimum Gasteiger partial charge on any atom is -0.505 e. The maximum Gasteiger partial charge on any atom is 0.354 e. The number of hydrogen-bond acceptors (Lipinski definition) is 8. The number of amides is 2. The van der Waals surface area contributed by atoms with Gasteiger partial charge < -0.3 is 35.2 Å². The highest BCUT2D eigenvalue weighted by Gasteiger charge is 2.34. The molecule has 0 aliphatic carbocycles. The Morgan fingerprint density at radius 3 is 1.80 bits per heavy atom. The van der Waals surface area contributed by atoms with Crippen molar-refractivity contribution in [2.75, 3.05) is 13.1 Å². The number of nitrogens with zero attached hydrogens (tertiary/aromatic N) is 3. The summed E-state index contributed by atoms with van der Waals surface area (Å²) in [6, 6.07) is 8.16. The van der Waals surface area contributed by atoms with Gasteiger partial charge in [-0.2, -0.15) is 0 Å². The number of aromatic carboxylic acids is 2. The second-order valence-corrected chi connectivity index (χ2v) is 11.8. The van der Waals surface area contributed by atoms with Gasteiger partial charge in [0.15, 0.2) is 11.4 Å². The summed E-state index contributed by atoms with van der Waals surface area (Å²) in [4.78, 5) is 67.9. The van der Waals surface area contributed by atoms with E-state index < -0.39 is 52.4 Å². The van der Waals surface area contributed by atoms with Crippen LogP contribution in [0.2, 0.25) is 10.0 Å². The average molecular weight is 717 g/mol. The average Bonchev–Trinajstić information content (AvgIpc) is 3.05. The molecule has 0 unspecified atom stereocenters. The van der Waals surface area contributed by atoms with Crippen LogP contribution in [0.25, 0.3) is 0 Å². The number of halogens is 4. The maximum atomic E-state index is 13.2. The number of benzene rings is 2. The molecule has 0 saturated carbocycles. The van der Waals surface area contributed by atoms with Crippen LogP contribution in [0.5, 0.6) is 11.5 Å². The molecule has 2 aliphatic heterocycles. The van der Waals surface area contributed by atoms with Crippen molar-refractivity contribution < 1.29 is 48.4 Å². The molecule has 6 rings (SSSR count). The van der Waals surface area contributed by atoms with Gasteiger partial charge in [0.2, 0.25) is 0 Å². The summed E-state index contributed by atoms with van der Waals surface area (Å²) in [6.07, 6.45) is 1.35. The monoisotopic (exact) mass is 716 g/mol. The van der Waals surface area contributed by atoms with E-state index in [9.17, 15) is 48.1 Å². The van der Waals surface area contributed by atoms with E-state index in [2.05, 4.69) is 9.97 Å². The van der Waals surface area contributed by atoms with Crippen LogP contribution < -0.4 is 5.56 Å². The molecular weight excluding hydrogens is 693 g/mol. The molecule has 2 amide bonds. The van der Waals surface area contributed by atoms with Crippen molar-refractivity contribution >= 4 is 47.0 Å². The number of nitrogens with one attached hydrogen (secondary N) is 1. The Morgan fingerprint density at radius 1 is 0.796 bits per heavy atom. The smallest absolute Gasteiger partial charge is 0.354 e. The van der Waals surface area contributed by atoms with E-state index in [1.165, 1.54) is 46.2 Å². The molecule has 2 aromatic carbocycles. The fourth-order valence-electron chi connectivity index (χ4n) is 5.53. The second-order valence-electron chi connectivity index (χ2n) is 10.9. The zero-order valence-electron chi connectivity index (χ0n) is 25.0. The van der Waals surface area contributed by atoms with E-state index in [0.29, 0.717) is 11.1 Å². The van der Waals surface area contributed by atoms with Crippen molar-refractivity contribution in [3.63, 3.8) is 0 Å². The number of aromatic amines is 1. The largest absolute Gasteiger partial charge is 0.505 e. The summed E-state index contributed by atoms with van der Waals surface area (Å²) < 4.78 is 26.4. The number of carbonyl (C=O) groups is 4. The van der Waals surface area contributed by atoms with Crippen LogP contribution in [-0.4, -0.2) is 77.0 Å². The molecule has 0 bridgehead atoms. The summed E-state index contributed by atoms with van der Waals surface area (Å²) in [5.41, 5.74) is -0.560. The highest BCUT2D eigenvalue weighted by Crippen LogP contribution is 2.31. The number of carboxylic acids is 2. The van der Waals surface area contributed by atoms with Crippen LogP contribution in [0.15, 0.2) is 47.4 Å². The molecule has 0 fully saturated rings. The van der Waals surface area contributed by atoms with Crippen LogP contribution in [-0.2, 0) is 25.9 Å². The molecule has 17 heteroatoms. The van der Waals surface area contributed by atoms with Gasteiger partial charge in [0.05, 0.1) is 27.4 Å². The summed E-state index contributed by atoms with van der Waals surface area (Å²) in [5, 5.41) is 38.1. The quantitative estimate of drug-likeness (QED) is 0.192. The van der Waals surface area contributed by atoms with Crippen molar-refractivity contribution in [2.45, 2.75) is 25.9 Å². The summed E-state index contributed by atoms with van der Waals surface area (Å²) >= 11 is 11.5. The maximum absolute atomic E-state index is 13.2. The minimum absolute atomic E-state index is 0.0439. The van der Waals surface area contributed by atoms with E-state index >= 15 is 0 Å². The SMILES string of the molecule is O=C(O)c1[nH]c(=O)c(O)c2c1CCN(Cc1ccc(F)c(Cl)c1)C2=O.O=C(O)c1ncc(O)c2c1CCN(Cc1ccc(F)c(Cl)c1)C2=O. The molecule has 0 atom stereocenters. The lowest BCUT2D eigenvalue weighted by Gasteiger charge is -2.29. The van der Waals surface area contributed by atoms with E-state index in [4.69, 9.17) is 28.3 Å². The van der Waals surface area contributed by atoms with Crippen LogP contribution >= 0.6 is 23.2 Å². The van der Waals surface area contributed by atoms with Gasteiger partial charge in [-0.1, -0.05) is 35.3 Å². The third-order valence-corrected chi connectivity index (χ3v) is 8.43. The van der Waals surface area contributed by atoms with Gasteiger partial charge in [-0.15, -0.1) is 0 Å². The zero-order valence-corrected chi connectivity index (χ0v) is 26.5. The number of aromatic nitrogens is 2. The summed E-state index contributed by atoms with van der Waals surface area (Å²) in [6.45, 7) is 0.675.